The van der Waals surface area contributed by atoms with E-state index in [1.807, 2.05) is 0 Å². The Labute approximate surface area is 100 Å². The molecule has 0 aliphatic heterocycles. The molecule has 1 aromatic rings. The number of alkyl halides is 3. The average Bonchev–Trinajstić information content (AvgIpc) is 2.59. The van der Waals surface area contributed by atoms with Crippen molar-refractivity contribution in [2.24, 2.45) is 0 Å². The van der Waals surface area contributed by atoms with E-state index in [1.54, 1.807) is 13.8 Å². The van der Waals surface area contributed by atoms with E-state index >= 15 is 0 Å². The molecular weight excluding hydrogens is 255 g/mol. The minimum Gasteiger partial charge on any atom is -0.476 e. The van der Waals surface area contributed by atoms with Crippen LogP contribution in [-0.4, -0.2) is 43.5 Å². The second-order valence-corrected chi connectivity index (χ2v) is 4.02. The van der Waals surface area contributed by atoms with Gasteiger partial charge < -0.3 is 10.2 Å². The van der Waals surface area contributed by atoms with Crippen molar-refractivity contribution in [1.29, 1.82) is 0 Å². The van der Waals surface area contributed by atoms with Gasteiger partial charge in [-0.3, -0.25) is 0 Å². The quantitative estimate of drug-likeness (QED) is 0.850. The molecule has 0 aromatic carbocycles. The number of halogens is 3. The fraction of sp³-hybridized carbons (Fsp3) is 0.667. The largest absolute Gasteiger partial charge is 0.476 e. The number of hydrogen-bond donors (Lipinski definition) is 2. The van der Waals surface area contributed by atoms with Crippen LogP contribution in [0.2, 0.25) is 0 Å². The monoisotopic (exact) mass is 267 g/mol. The fourth-order valence-corrected chi connectivity index (χ4v) is 1.45. The highest BCUT2D eigenvalue weighted by Gasteiger charge is 2.39. The van der Waals surface area contributed by atoms with Gasteiger partial charge in [-0.05, 0) is 5.92 Å². The van der Waals surface area contributed by atoms with Gasteiger partial charge in [0.1, 0.15) is 0 Å². The molecule has 0 amide bonds. The van der Waals surface area contributed by atoms with Crippen molar-refractivity contribution in [2.45, 2.75) is 38.6 Å². The van der Waals surface area contributed by atoms with Gasteiger partial charge in [0.15, 0.2) is 11.8 Å². The molecule has 1 heterocycles. The van der Waals surface area contributed by atoms with E-state index in [0.29, 0.717) is 0 Å². The predicted molar refractivity (Wildman–Crippen MR) is 53.1 cm³/mol. The number of aliphatic hydroxyl groups excluding tert-OH is 1. The van der Waals surface area contributed by atoms with Crippen molar-refractivity contribution in [3.63, 3.8) is 0 Å². The number of aromatic nitrogens is 3. The van der Waals surface area contributed by atoms with E-state index in [9.17, 15) is 18.0 Å². The first-order valence-electron chi connectivity index (χ1n) is 5.06. The Hall–Kier alpha value is -1.64. The minimum absolute atomic E-state index is 0.0470. The molecule has 18 heavy (non-hydrogen) atoms. The Balaban J connectivity index is 3.07. The van der Waals surface area contributed by atoms with Gasteiger partial charge in [0.25, 0.3) is 0 Å². The molecule has 0 aliphatic carbocycles. The van der Waals surface area contributed by atoms with Crippen molar-refractivity contribution >= 4 is 5.97 Å². The van der Waals surface area contributed by atoms with Crippen LogP contribution in [0.3, 0.4) is 0 Å². The summed E-state index contributed by atoms with van der Waals surface area (Å²) in [5.74, 6) is -1.75. The molecule has 102 valence electrons. The number of aliphatic hydroxyl groups is 1. The Kier molecular flexibility index (Phi) is 3.95. The highest BCUT2D eigenvalue weighted by molar-refractivity contribution is 5.86. The van der Waals surface area contributed by atoms with Crippen LogP contribution in [0, 0.1) is 0 Å². The molecule has 6 nitrogen and oxygen atoms in total. The molecule has 0 aliphatic rings. The number of carboxylic acids is 1. The maximum Gasteiger partial charge on any atom is 0.416 e. The normalized spacial score (nSPS) is 13.9. The summed E-state index contributed by atoms with van der Waals surface area (Å²) in [5.41, 5.74) is -0.356. The van der Waals surface area contributed by atoms with Crippen LogP contribution < -0.4 is 0 Å². The van der Waals surface area contributed by atoms with Gasteiger partial charge in [-0.2, -0.15) is 13.2 Å². The van der Waals surface area contributed by atoms with Gasteiger partial charge in [0.2, 0.25) is 0 Å². The first kappa shape index (κ1) is 14.4. The molecule has 0 saturated heterocycles. The third-order valence-corrected chi connectivity index (χ3v) is 2.25. The fourth-order valence-electron chi connectivity index (χ4n) is 1.45. The highest BCUT2D eigenvalue weighted by atomic mass is 19.4. The number of aromatic carboxylic acids is 1. The molecule has 9 heteroatoms. The number of rotatable bonds is 4. The lowest BCUT2D eigenvalue weighted by Crippen LogP contribution is -2.33. The zero-order valence-electron chi connectivity index (χ0n) is 9.64. The second kappa shape index (κ2) is 4.92. The summed E-state index contributed by atoms with van der Waals surface area (Å²) < 4.78 is 37.4. The van der Waals surface area contributed by atoms with Crippen molar-refractivity contribution in [2.75, 3.05) is 0 Å². The van der Waals surface area contributed by atoms with Crippen LogP contribution in [0.4, 0.5) is 13.2 Å². The van der Waals surface area contributed by atoms with Gasteiger partial charge in [-0.25, -0.2) is 9.48 Å². The van der Waals surface area contributed by atoms with Crippen LogP contribution in [0.15, 0.2) is 0 Å². The van der Waals surface area contributed by atoms with E-state index < -0.39 is 30.5 Å². The lowest BCUT2D eigenvalue weighted by Gasteiger charge is -2.16. The lowest BCUT2D eigenvalue weighted by molar-refractivity contribution is -0.208. The van der Waals surface area contributed by atoms with Crippen molar-refractivity contribution in [1.82, 2.24) is 15.0 Å². The first-order chi connectivity index (χ1) is 8.14. The number of nitrogens with zero attached hydrogens (tertiary/aromatic N) is 3. The highest BCUT2D eigenvalue weighted by Crippen LogP contribution is 2.23. The summed E-state index contributed by atoms with van der Waals surface area (Å²) in [6, 6.07) is 0. The predicted octanol–water partition coefficient (Wildman–Crippen LogP) is 1.02. The van der Waals surface area contributed by atoms with Gasteiger partial charge in [-0.15, -0.1) is 5.10 Å². The zero-order valence-corrected chi connectivity index (χ0v) is 9.64. The van der Waals surface area contributed by atoms with Crippen LogP contribution in [0.5, 0.6) is 0 Å². The van der Waals surface area contributed by atoms with Gasteiger partial charge in [-0.1, -0.05) is 19.1 Å². The summed E-state index contributed by atoms with van der Waals surface area (Å²) in [4.78, 5) is 10.8. The summed E-state index contributed by atoms with van der Waals surface area (Å²) in [7, 11) is 0. The SMILES string of the molecule is CC(C)c1c(C(=O)O)nnn1CC(O)C(F)(F)F. The van der Waals surface area contributed by atoms with Crippen molar-refractivity contribution < 1.29 is 28.2 Å². The lowest BCUT2D eigenvalue weighted by atomic mass is 10.1. The van der Waals surface area contributed by atoms with E-state index in [0.717, 1.165) is 4.68 Å². The summed E-state index contributed by atoms with van der Waals surface area (Å²) in [5, 5.41) is 24.4. The molecule has 1 rings (SSSR count). The summed E-state index contributed by atoms with van der Waals surface area (Å²) in [6.07, 6.45) is -7.40. The van der Waals surface area contributed by atoms with Crippen LogP contribution >= 0.6 is 0 Å². The van der Waals surface area contributed by atoms with E-state index in [2.05, 4.69) is 10.3 Å². The Morgan fingerprint density at radius 2 is 2.00 bits per heavy atom. The standard InChI is InChI=1S/C9H12F3N3O3/c1-4(2)7-6(8(17)18)13-14-15(7)3-5(16)9(10,11)12/h4-5,16H,3H2,1-2H3,(H,17,18). The Morgan fingerprint density at radius 3 is 2.39 bits per heavy atom. The summed E-state index contributed by atoms with van der Waals surface area (Å²) >= 11 is 0. The summed E-state index contributed by atoms with van der Waals surface area (Å²) in [6.45, 7) is 2.32. The Morgan fingerprint density at radius 1 is 1.44 bits per heavy atom. The molecule has 1 aromatic heterocycles. The zero-order chi connectivity index (χ0) is 14.1. The van der Waals surface area contributed by atoms with Crippen LogP contribution in [-0.2, 0) is 6.54 Å². The van der Waals surface area contributed by atoms with Gasteiger partial charge >= 0.3 is 12.1 Å². The minimum atomic E-state index is -4.79. The maximum absolute atomic E-state index is 12.2. The molecule has 0 bridgehead atoms. The second-order valence-electron chi connectivity index (χ2n) is 4.02. The smallest absolute Gasteiger partial charge is 0.416 e. The molecule has 0 spiro atoms. The van der Waals surface area contributed by atoms with Gasteiger partial charge in [0.05, 0.1) is 12.2 Å². The average molecular weight is 267 g/mol. The van der Waals surface area contributed by atoms with Crippen molar-refractivity contribution in [3.05, 3.63) is 11.4 Å². The van der Waals surface area contributed by atoms with E-state index in [-0.39, 0.29) is 11.6 Å². The number of hydrogen-bond acceptors (Lipinski definition) is 4. The molecule has 0 fully saturated rings. The van der Waals surface area contributed by atoms with E-state index in [1.165, 1.54) is 0 Å². The molecule has 0 radical (unpaired) electrons. The third kappa shape index (κ3) is 2.97. The topological polar surface area (TPSA) is 88.2 Å². The molecular formula is C9H12F3N3O3. The molecule has 1 atom stereocenters. The van der Waals surface area contributed by atoms with Crippen molar-refractivity contribution in [3.8, 4) is 0 Å². The van der Waals surface area contributed by atoms with Crippen LogP contribution in [0.25, 0.3) is 0 Å². The molecule has 0 saturated carbocycles. The number of carboxylic acid groups (broad SMARTS) is 1. The Bertz CT molecular complexity index is 442. The number of carbonyl (C=O) groups is 1. The van der Waals surface area contributed by atoms with Crippen LogP contribution in [0.1, 0.15) is 35.9 Å². The maximum atomic E-state index is 12.2. The molecule has 1 unspecified atom stereocenters. The molecule has 2 N–H and O–H groups in total. The van der Waals surface area contributed by atoms with Gasteiger partial charge in [0, 0.05) is 0 Å². The first-order valence-corrected chi connectivity index (χ1v) is 5.06. The third-order valence-electron chi connectivity index (χ3n) is 2.25. The van der Waals surface area contributed by atoms with E-state index in [4.69, 9.17) is 10.2 Å².